The zero-order valence-electron chi connectivity index (χ0n) is 18.6. The van der Waals surface area contributed by atoms with E-state index >= 15 is 0 Å². The van der Waals surface area contributed by atoms with Crippen LogP contribution in [0.25, 0.3) is 0 Å². The van der Waals surface area contributed by atoms with Crippen LogP contribution in [0.4, 0.5) is 8.78 Å². The Labute approximate surface area is 189 Å². The van der Waals surface area contributed by atoms with Gasteiger partial charge in [-0.2, -0.15) is 0 Å². The predicted molar refractivity (Wildman–Crippen MR) is 122 cm³/mol. The maximum absolute atomic E-state index is 14.4. The third-order valence-electron chi connectivity index (χ3n) is 5.98. The van der Waals surface area contributed by atoms with Crippen LogP contribution in [0, 0.1) is 18.6 Å². The number of benzene rings is 2. The van der Waals surface area contributed by atoms with E-state index < -0.39 is 5.82 Å². The molecule has 4 nitrogen and oxygen atoms in total. The highest BCUT2D eigenvalue weighted by atomic mass is 19.1. The summed E-state index contributed by atoms with van der Waals surface area (Å²) in [4.78, 5) is 4.57. The quantitative estimate of drug-likeness (QED) is 0.491. The zero-order valence-corrected chi connectivity index (χ0v) is 18.6. The summed E-state index contributed by atoms with van der Waals surface area (Å²) in [5.41, 5.74) is 4.04. The number of nitrogens with zero attached hydrogens (tertiary/aromatic N) is 3. The first kappa shape index (κ1) is 22.6. The molecule has 0 N–H and O–H groups in total. The lowest BCUT2D eigenvalue weighted by Crippen LogP contribution is -2.41. The van der Waals surface area contributed by atoms with Gasteiger partial charge in [-0.05, 0) is 42.8 Å². The van der Waals surface area contributed by atoms with Gasteiger partial charge in [-0.25, -0.2) is 8.78 Å². The third-order valence-corrected chi connectivity index (χ3v) is 5.98. The molecule has 0 radical (unpaired) electrons. The topological polar surface area (TPSA) is 20.6 Å². The second-order valence-electron chi connectivity index (χ2n) is 8.52. The first-order valence-corrected chi connectivity index (χ1v) is 11.2. The Morgan fingerprint density at radius 2 is 1.81 bits per heavy atom. The molecule has 0 amide bonds. The van der Waals surface area contributed by atoms with Crippen molar-refractivity contribution in [1.29, 1.82) is 0 Å². The third kappa shape index (κ3) is 6.25. The van der Waals surface area contributed by atoms with Gasteiger partial charge in [0, 0.05) is 63.3 Å². The fourth-order valence-corrected chi connectivity index (χ4v) is 4.21. The normalized spacial score (nSPS) is 14.9. The van der Waals surface area contributed by atoms with E-state index in [0.717, 1.165) is 51.6 Å². The van der Waals surface area contributed by atoms with E-state index in [9.17, 15) is 8.78 Å². The summed E-state index contributed by atoms with van der Waals surface area (Å²) >= 11 is 0. The molecule has 6 heteroatoms. The molecule has 1 saturated heterocycles. The molecule has 170 valence electrons. The van der Waals surface area contributed by atoms with E-state index in [-0.39, 0.29) is 5.82 Å². The van der Waals surface area contributed by atoms with Crippen molar-refractivity contribution in [2.75, 3.05) is 39.4 Å². The van der Waals surface area contributed by atoms with Crippen LogP contribution in [0.2, 0.25) is 0 Å². The average Bonchev–Trinajstić information content (AvgIpc) is 3.21. The van der Waals surface area contributed by atoms with Crippen LogP contribution in [0.15, 0.2) is 60.8 Å². The van der Waals surface area contributed by atoms with Crippen LogP contribution >= 0.6 is 0 Å². The Kier molecular flexibility index (Phi) is 7.68. The lowest BCUT2D eigenvalue weighted by Gasteiger charge is -2.30. The maximum Gasteiger partial charge on any atom is 0.127 e. The van der Waals surface area contributed by atoms with Gasteiger partial charge >= 0.3 is 0 Å². The van der Waals surface area contributed by atoms with E-state index in [1.807, 2.05) is 6.07 Å². The average molecular weight is 440 g/mol. The minimum atomic E-state index is -0.405. The molecule has 3 aromatic rings. The van der Waals surface area contributed by atoms with Gasteiger partial charge < -0.3 is 9.30 Å². The second-order valence-corrected chi connectivity index (χ2v) is 8.52. The zero-order chi connectivity index (χ0) is 22.3. The molecule has 0 bridgehead atoms. The fraction of sp³-hybridized carbons (Fsp3) is 0.385. The van der Waals surface area contributed by atoms with Gasteiger partial charge in [-0.3, -0.25) is 9.80 Å². The number of hydrogen-bond acceptors (Lipinski definition) is 3. The lowest BCUT2D eigenvalue weighted by molar-refractivity contribution is 0.0323. The molecule has 1 aliphatic heterocycles. The van der Waals surface area contributed by atoms with Crippen LogP contribution in [-0.2, 0) is 24.4 Å². The SMILES string of the molecule is Cc1cccc(Cn2cccc2CN(CCN2CCOCC2)Cc2cc(F)ccc2F)c1. The smallest absolute Gasteiger partial charge is 0.127 e. The molecule has 0 spiro atoms. The number of ether oxygens (including phenoxy) is 1. The summed E-state index contributed by atoms with van der Waals surface area (Å²) in [6, 6.07) is 16.4. The number of halogens is 2. The lowest BCUT2D eigenvalue weighted by atomic mass is 10.1. The van der Waals surface area contributed by atoms with Crippen molar-refractivity contribution < 1.29 is 13.5 Å². The van der Waals surface area contributed by atoms with Gasteiger partial charge in [0.25, 0.3) is 0 Å². The molecule has 0 atom stereocenters. The minimum Gasteiger partial charge on any atom is -0.379 e. The van der Waals surface area contributed by atoms with Crippen molar-refractivity contribution in [3.63, 3.8) is 0 Å². The van der Waals surface area contributed by atoms with Crippen molar-refractivity contribution in [3.05, 3.63) is 94.8 Å². The van der Waals surface area contributed by atoms with Gasteiger partial charge in [0.1, 0.15) is 11.6 Å². The number of rotatable bonds is 9. The fourth-order valence-electron chi connectivity index (χ4n) is 4.21. The summed E-state index contributed by atoms with van der Waals surface area (Å²) in [7, 11) is 0. The molecule has 32 heavy (non-hydrogen) atoms. The minimum absolute atomic E-state index is 0.363. The van der Waals surface area contributed by atoms with Gasteiger partial charge in [-0.15, -0.1) is 0 Å². The van der Waals surface area contributed by atoms with Crippen LogP contribution in [0.3, 0.4) is 0 Å². The number of aromatic nitrogens is 1. The largest absolute Gasteiger partial charge is 0.379 e. The van der Waals surface area contributed by atoms with E-state index in [1.54, 1.807) is 0 Å². The molecule has 4 rings (SSSR count). The van der Waals surface area contributed by atoms with Gasteiger partial charge in [-0.1, -0.05) is 29.8 Å². The van der Waals surface area contributed by atoms with Crippen molar-refractivity contribution in [3.8, 4) is 0 Å². The van der Waals surface area contributed by atoms with Crippen LogP contribution < -0.4 is 0 Å². The Morgan fingerprint density at radius 1 is 0.969 bits per heavy atom. The molecular formula is C26H31F2N3O. The van der Waals surface area contributed by atoms with E-state index in [1.165, 1.54) is 29.3 Å². The molecule has 0 saturated carbocycles. The Balaban J connectivity index is 1.49. The molecular weight excluding hydrogens is 408 g/mol. The first-order chi connectivity index (χ1) is 15.6. The first-order valence-electron chi connectivity index (χ1n) is 11.2. The molecule has 2 heterocycles. The van der Waals surface area contributed by atoms with Crippen LogP contribution in [0.1, 0.15) is 22.4 Å². The summed E-state index contributed by atoms with van der Waals surface area (Å²) in [6.45, 7) is 8.87. The summed E-state index contributed by atoms with van der Waals surface area (Å²) in [6.07, 6.45) is 2.08. The molecule has 2 aromatic carbocycles. The Morgan fingerprint density at radius 3 is 2.62 bits per heavy atom. The molecule has 0 unspecified atom stereocenters. The monoisotopic (exact) mass is 439 g/mol. The Bertz CT molecular complexity index is 1010. The molecule has 1 fully saturated rings. The highest BCUT2D eigenvalue weighted by Gasteiger charge is 2.16. The summed E-state index contributed by atoms with van der Waals surface area (Å²) in [5.74, 6) is -0.768. The maximum atomic E-state index is 14.4. The summed E-state index contributed by atoms with van der Waals surface area (Å²) in [5, 5.41) is 0. The highest BCUT2D eigenvalue weighted by Crippen LogP contribution is 2.17. The van der Waals surface area contributed by atoms with E-state index in [2.05, 4.69) is 57.8 Å². The molecule has 1 aromatic heterocycles. The van der Waals surface area contributed by atoms with Crippen molar-refractivity contribution in [1.82, 2.24) is 14.4 Å². The number of aryl methyl sites for hydroxylation is 1. The standard InChI is InChI=1S/C26H31F2N3O/c1-21-4-2-5-22(16-21)18-31-9-3-6-25(31)20-30(11-10-29-12-14-32-15-13-29)19-23-17-24(27)7-8-26(23)28/h2-9,16-17H,10-15,18-20H2,1H3. The molecule has 1 aliphatic rings. The van der Waals surface area contributed by atoms with Crippen molar-refractivity contribution in [2.45, 2.75) is 26.6 Å². The Hall–Kier alpha value is -2.54. The van der Waals surface area contributed by atoms with E-state index in [0.29, 0.717) is 18.7 Å². The highest BCUT2D eigenvalue weighted by molar-refractivity contribution is 5.24. The van der Waals surface area contributed by atoms with Crippen LogP contribution in [0.5, 0.6) is 0 Å². The van der Waals surface area contributed by atoms with Crippen molar-refractivity contribution in [2.24, 2.45) is 0 Å². The predicted octanol–water partition coefficient (Wildman–Crippen LogP) is 4.46. The van der Waals surface area contributed by atoms with Crippen LogP contribution in [-0.4, -0.2) is 53.8 Å². The number of hydrogen-bond donors (Lipinski definition) is 0. The van der Waals surface area contributed by atoms with Gasteiger partial charge in [0.05, 0.1) is 13.2 Å². The summed E-state index contributed by atoms with van der Waals surface area (Å²) < 4.78 is 35.8. The van der Waals surface area contributed by atoms with Gasteiger partial charge in [0.2, 0.25) is 0 Å². The second kappa shape index (κ2) is 10.9. The van der Waals surface area contributed by atoms with Crippen molar-refractivity contribution >= 4 is 0 Å². The molecule has 0 aliphatic carbocycles. The number of morpholine rings is 1. The van der Waals surface area contributed by atoms with E-state index in [4.69, 9.17) is 4.74 Å². The van der Waals surface area contributed by atoms with Gasteiger partial charge in [0.15, 0.2) is 0 Å².